The first-order valence-electron chi connectivity index (χ1n) is 6.68. The van der Waals surface area contributed by atoms with E-state index in [1.54, 1.807) is 11.0 Å². The molecule has 1 heterocycles. The lowest BCUT2D eigenvalue weighted by Crippen LogP contribution is -2.41. The zero-order chi connectivity index (χ0) is 15.4. The first kappa shape index (κ1) is 15.8. The third-order valence-corrected chi connectivity index (χ3v) is 4.18. The summed E-state index contributed by atoms with van der Waals surface area (Å²) in [5.41, 5.74) is 0.397. The molecule has 0 spiro atoms. The number of halogens is 2. The minimum Gasteiger partial charge on any atom is -0.481 e. The molecule has 0 radical (unpaired) electrons. The molecular formula is C14H16BrFN2O3. The number of rotatable bonds is 3. The minimum absolute atomic E-state index is 0.122. The molecule has 5 nitrogen and oxygen atoms in total. The highest BCUT2D eigenvalue weighted by Crippen LogP contribution is 2.22. The molecule has 0 unspecified atom stereocenters. The third-order valence-electron chi connectivity index (χ3n) is 3.54. The fourth-order valence-corrected chi connectivity index (χ4v) is 2.61. The fourth-order valence-electron chi connectivity index (χ4n) is 2.36. The maximum atomic E-state index is 13.4. The highest BCUT2D eigenvalue weighted by atomic mass is 79.9. The number of piperidine rings is 1. The molecule has 1 aromatic rings. The van der Waals surface area contributed by atoms with E-state index in [2.05, 4.69) is 21.2 Å². The number of hydrogen-bond donors (Lipinski definition) is 2. The molecule has 21 heavy (non-hydrogen) atoms. The van der Waals surface area contributed by atoms with Gasteiger partial charge in [0.15, 0.2) is 0 Å². The Bertz CT molecular complexity index is 545. The summed E-state index contributed by atoms with van der Waals surface area (Å²) in [5, 5.41) is 11.4. The van der Waals surface area contributed by atoms with Crippen molar-refractivity contribution in [1.29, 1.82) is 0 Å². The average molecular weight is 359 g/mol. The van der Waals surface area contributed by atoms with E-state index in [0.29, 0.717) is 36.1 Å². The Morgan fingerprint density at radius 2 is 2.05 bits per heavy atom. The van der Waals surface area contributed by atoms with Gasteiger partial charge in [-0.25, -0.2) is 9.18 Å². The highest BCUT2D eigenvalue weighted by molar-refractivity contribution is 9.10. The molecule has 1 aliphatic rings. The zero-order valence-corrected chi connectivity index (χ0v) is 12.9. The quantitative estimate of drug-likeness (QED) is 0.870. The van der Waals surface area contributed by atoms with E-state index in [9.17, 15) is 14.0 Å². The molecular weight excluding hydrogens is 343 g/mol. The van der Waals surface area contributed by atoms with Crippen molar-refractivity contribution >= 4 is 33.6 Å². The molecule has 0 atom stereocenters. The Hall–Kier alpha value is -1.63. The smallest absolute Gasteiger partial charge is 0.321 e. The molecule has 1 fully saturated rings. The summed E-state index contributed by atoms with van der Waals surface area (Å²) in [5.74, 6) is -1.12. The van der Waals surface area contributed by atoms with Crippen LogP contribution in [0.25, 0.3) is 0 Å². The SMILES string of the molecule is O=C(O)CC1CCN(C(=O)Nc2ccc(Br)c(F)c2)CC1. The zero-order valence-electron chi connectivity index (χ0n) is 11.3. The normalized spacial score (nSPS) is 15.8. The van der Waals surface area contributed by atoms with Gasteiger partial charge in [-0.1, -0.05) is 0 Å². The van der Waals surface area contributed by atoms with Crippen LogP contribution in [0.15, 0.2) is 22.7 Å². The summed E-state index contributed by atoms with van der Waals surface area (Å²) in [7, 11) is 0. The van der Waals surface area contributed by atoms with Crippen molar-refractivity contribution in [2.24, 2.45) is 5.92 Å². The molecule has 0 aromatic heterocycles. The number of nitrogens with one attached hydrogen (secondary N) is 1. The van der Waals surface area contributed by atoms with E-state index in [-0.39, 0.29) is 18.4 Å². The molecule has 0 bridgehead atoms. The summed E-state index contributed by atoms with van der Waals surface area (Å²) in [6, 6.07) is 4.11. The molecule has 1 aromatic carbocycles. The van der Waals surface area contributed by atoms with Gasteiger partial charge >= 0.3 is 12.0 Å². The topological polar surface area (TPSA) is 69.6 Å². The molecule has 1 saturated heterocycles. The van der Waals surface area contributed by atoms with Crippen molar-refractivity contribution in [2.75, 3.05) is 18.4 Å². The van der Waals surface area contributed by atoms with Crippen LogP contribution in [0, 0.1) is 11.7 Å². The molecule has 2 N–H and O–H groups in total. The van der Waals surface area contributed by atoms with Gasteiger partial charge in [0, 0.05) is 25.2 Å². The predicted octanol–water partition coefficient (Wildman–Crippen LogP) is 3.31. The van der Waals surface area contributed by atoms with E-state index in [1.165, 1.54) is 12.1 Å². The second kappa shape index (κ2) is 6.89. The Morgan fingerprint density at radius 1 is 1.38 bits per heavy atom. The maximum Gasteiger partial charge on any atom is 0.321 e. The first-order valence-corrected chi connectivity index (χ1v) is 7.48. The largest absolute Gasteiger partial charge is 0.481 e. The number of amides is 2. The summed E-state index contributed by atoms with van der Waals surface area (Å²) < 4.78 is 13.7. The predicted molar refractivity (Wildman–Crippen MR) is 79.7 cm³/mol. The first-order chi connectivity index (χ1) is 9.95. The number of anilines is 1. The number of nitrogens with zero attached hydrogens (tertiary/aromatic N) is 1. The van der Waals surface area contributed by atoms with Crippen LogP contribution >= 0.6 is 15.9 Å². The molecule has 2 amide bonds. The van der Waals surface area contributed by atoms with Gasteiger partial charge < -0.3 is 15.3 Å². The second-order valence-corrected chi connectivity index (χ2v) is 5.94. The van der Waals surface area contributed by atoms with Crippen LogP contribution in [0.3, 0.4) is 0 Å². The monoisotopic (exact) mass is 358 g/mol. The Balaban J connectivity index is 1.87. The number of likely N-dealkylation sites (tertiary alicyclic amines) is 1. The number of carbonyl (C=O) groups is 2. The fraction of sp³-hybridized carbons (Fsp3) is 0.429. The molecule has 0 aliphatic carbocycles. The maximum absolute atomic E-state index is 13.4. The van der Waals surface area contributed by atoms with Crippen molar-refractivity contribution in [3.05, 3.63) is 28.5 Å². The van der Waals surface area contributed by atoms with Crippen LogP contribution in [-0.4, -0.2) is 35.1 Å². The van der Waals surface area contributed by atoms with E-state index in [1.807, 2.05) is 0 Å². The van der Waals surface area contributed by atoms with Crippen LogP contribution < -0.4 is 5.32 Å². The third kappa shape index (κ3) is 4.42. The average Bonchev–Trinajstić information content (AvgIpc) is 2.43. The molecule has 114 valence electrons. The summed E-state index contributed by atoms with van der Waals surface area (Å²) in [4.78, 5) is 24.3. The number of benzene rings is 1. The van der Waals surface area contributed by atoms with Crippen LogP contribution in [0.5, 0.6) is 0 Å². The Morgan fingerprint density at radius 3 is 2.62 bits per heavy atom. The van der Waals surface area contributed by atoms with Crippen molar-refractivity contribution < 1.29 is 19.1 Å². The number of urea groups is 1. The lowest BCUT2D eigenvalue weighted by Gasteiger charge is -2.31. The van der Waals surface area contributed by atoms with E-state index >= 15 is 0 Å². The standard InChI is InChI=1S/C14H16BrFN2O3/c15-11-2-1-10(8-12(11)16)17-14(21)18-5-3-9(4-6-18)7-13(19)20/h1-2,8-9H,3-7H2,(H,17,21)(H,19,20). The summed E-state index contributed by atoms with van der Waals surface area (Å²) in [6.45, 7) is 1.03. The number of carbonyl (C=O) groups excluding carboxylic acids is 1. The second-order valence-electron chi connectivity index (χ2n) is 5.09. The molecule has 0 saturated carbocycles. The van der Waals surface area contributed by atoms with Gasteiger partial charge in [-0.2, -0.15) is 0 Å². The van der Waals surface area contributed by atoms with Crippen molar-refractivity contribution in [1.82, 2.24) is 4.90 Å². The van der Waals surface area contributed by atoms with Crippen LogP contribution in [-0.2, 0) is 4.79 Å². The van der Waals surface area contributed by atoms with Gasteiger partial charge in [-0.15, -0.1) is 0 Å². The Labute approximate surface area is 130 Å². The summed E-state index contributed by atoms with van der Waals surface area (Å²) >= 11 is 3.05. The molecule has 7 heteroatoms. The van der Waals surface area contributed by atoms with Crippen molar-refractivity contribution in [3.63, 3.8) is 0 Å². The van der Waals surface area contributed by atoms with Crippen LogP contribution in [0.4, 0.5) is 14.9 Å². The lowest BCUT2D eigenvalue weighted by molar-refractivity contribution is -0.138. The number of aliphatic carboxylic acids is 1. The van der Waals surface area contributed by atoms with Crippen LogP contribution in [0.2, 0.25) is 0 Å². The van der Waals surface area contributed by atoms with Gasteiger partial charge in [0.1, 0.15) is 5.82 Å². The molecule has 1 aliphatic heterocycles. The van der Waals surface area contributed by atoms with E-state index < -0.39 is 11.8 Å². The van der Waals surface area contributed by atoms with Gasteiger partial charge in [0.25, 0.3) is 0 Å². The van der Waals surface area contributed by atoms with Gasteiger partial charge in [0.05, 0.1) is 4.47 Å². The van der Waals surface area contributed by atoms with Gasteiger partial charge in [0.2, 0.25) is 0 Å². The van der Waals surface area contributed by atoms with Gasteiger partial charge in [-0.05, 0) is 52.9 Å². The highest BCUT2D eigenvalue weighted by Gasteiger charge is 2.24. The minimum atomic E-state index is -0.803. The van der Waals surface area contributed by atoms with E-state index in [0.717, 1.165) is 0 Å². The lowest BCUT2D eigenvalue weighted by atomic mass is 9.94. The summed E-state index contributed by atoms with van der Waals surface area (Å²) in [6.07, 6.45) is 1.50. The van der Waals surface area contributed by atoms with E-state index in [4.69, 9.17) is 5.11 Å². The Kier molecular flexibility index (Phi) is 5.17. The number of carboxylic acid groups (broad SMARTS) is 1. The van der Waals surface area contributed by atoms with Crippen molar-refractivity contribution in [3.8, 4) is 0 Å². The van der Waals surface area contributed by atoms with Gasteiger partial charge in [-0.3, -0.25) is 4.79 Å². The van der Waals surface area contributed by atoms with Crippen molar-refractivity contribution in [2.45, 2.75) is 19.3 Å². The molecule has 2 rings (SSSR count). The number of hydrogen-bond acceptors (Lipinski definition) is 2. The van der Waals surface area contributed by atoms with Crippen LogP contribution in [0.1, 0.15) is 19.3 Å². The number of carboxylic acids is 1.